The van der Waals surface area contributed by atoms with Gasteiger partial charge in [0.05, 0.1) is 13.2 Å². The van der Waals surface area contributed by atoms with Crippen molar-refractivity contribution in [2.24, 2.45) is 5.73 Å². The molecule has 0 saturated carbocycles. The average Bonchev–Trinajstić information content (AvgIpc) is 2.59. The number of amides is 1. The zero-order chi connectivity index (χ0) is 15.9. The second-order valence-electron chi connectivity index (χ2n) is 5.78. The fraction of sp³-hybridized carbons (Fsp3) is 0.588. The van der Waals surface area contributed by atoms with E-state index in [0.29, 0.717) is 6.42 Å². The average molecular weight is 305 g/mol. The number of carbonyl (C=O) groups excluding carboxylic acids is 1. The maximum Gasteiger partial charge on any atom is 0.239 e. The van der Waals surface area contributed by atoms with Crippen molar-refractivity contribution in [3.05, 3.63) is 29.8 Å². The van der Waals surface area contributed by atoms with E-state index in [1.165, 1.54) is 5.56 Å². The summed E-state index contributed by atoms with van der Waals surface area (Å²) in [5.74, 6) is 0.987. The topological polar surface area (TPSA) is 58.8 Å². The number of methoxy groups -OCH3 is 1. The number of hydrogen-bond donors (Lipinski definition) is 1. The van der Waals surface area contributed by atoms with Gasteiger partial charge in [-0.3, -0.25) is 9.69 Å². The Bertz CT molecular complexity index is 467. The fourth-order valence-electron chi connectivity index (χ4n) is 2.68. The molecule has 1 saturated heterocycles. The van der Waals surface area contributed by atoms with Crippen molar-refractivity contribution in [3.63, 3.8) is 0 Å². The van der Waals surface area contributed by atoms with E-state index in [2.05, 4.69) is 17.0 Å². The third kappa shape index (κ3) is 4.45. The van der Waals surface area contributed by atoms with E-state index in [-0.39, 0.29) is 11.9 Å². The van der Waals surface area contributed by atoms with Gasteiger partial charge in [0.25, 0.3) is 0 Å². The van der Waals surface area contributed by atoms with Gasteiger partial charge in [-0.1, -0.05) is 19.1 Å². The monoisotopic (exact) mass is 305 g/mol. The maximum atomic E-state index is 12.0. The number of piperazine rings is 1. The van der Waals surface area contributed by atoms with Crippen molar-refractivity contribution in [3.8, 4) is 5.75 Å². The second kappa shape index (κ2) is 8.15. The molecule has 1 aliphatic rings. The lowest BCUT2D eigenvalue weighted by atomic mass is 10.1. The first-order valence-corrected chi connectivity index (χ1v) is 8.03. The van der Waals surface area contributed by atoms with E-state index in [0.717, 1.165) is 44.9 Å². The molecule has 2 N–H and O–H groups in total. The van der Waals surface area contributed by atoms with Crippen LogP contribution in [0.2, 0.25) is 0 Å². The molecule has 0 spiro atoms. The lowest BCUT2D eigenvalue weighted by Gasteiger charge is -2.35. The molecular formula is C17H27N3O2. The van der Waals surface area contributed by atoms with Crippen LogP contribution in [-0.4, -0.2) is 61.6 Å². The van der Waals surface area contributed by atoms with Crippen LogP contribution in [0.25, 0.3) is 0 Å². The predicted octanol–water partition coefficient (Wildman–Crippen LogP) is 1.12. The highest BCUT2D eigenvalue weighted by molar-refractivity contribution is 5.81. The minimum atomic E-state index is -0.342. The molecule has 5 heteroatoms. The molecule has 0 aliphatic carbocycles. The van der Waals surface area contributed by atoms with E-state index in [4.69, 9.17) is 10.5 Å². The molecule has 1 heterocycles. The summed E-state index contributed by atoms with van der Waals surface area (Å²) in [6.45, 7) is 6.41. The van der Waals surface area contributed by atoms with Crippen molar-refractivity contribution in [1.29, 1.82) is 0 Å². The molecule has 0 bridgehead atoms. The van der Waals surface area contributed by atoms with Crippen LogP contribution in [0.3, 0.4) is 0 Å². The van der Waals surface area contributed by atoms with Crippen molar-refractivity contribution in [1.82, 2.24) is 9.80 Å². The summed E-state index contributed by atoms with van der Waals surface area (Å²) in [6.07, 6.45) is 1.73. The van der Waals surface area contributed by atoms with Gasteiger partial charge in [0.15, 0.2) is 0 Å². The maximum absolute atomic E-state index is 12.0. The Labute approximate surface area is 133 Å². The van der Waals surface area contributed by atoms with Crippen LogP contribution in [0.4, 0.5) is 0 Å². The summed E-state index contributed by atoms with van der Waals surface area (Å²) in [5, 5.41) is 0. The van der Waals surface area contributed by atoms with E-state index < -0.39 is 0 Å². The molecule has 0 aromatic heterocycles. The molecular weight excluding hydrogens is 278 g/mol. The van der Waals surface area contributed by atoms with Crippen molar-refractivity contribution in [2.45, 2.75) is 25.8 Å². The molecule has 122 valence electrons. The van der Waals surface area contributed by atoms with Gasteiger partial charge in [-0.15, -0.1) is 0 Å². The van der Waals surface area contributed by atoms with Gasteiger partial charge in [-0.25, -0.2) is 0 Å². The number of nitrogens with two attached hydrogens (primary N) is 1. The van der Waals surface area contributed by atoms with Crippen LogP contribution < -0.4 is 10.5 Å². The first-order chi connectivity index (χ1) is 10.6. The number of nitrogens with zero attached hydrogens (tertiary/aromatic N) is 2. The summed E-state index contributed by atoms with van der Waals surface area (Å²) in [7, 11) is 1.68. The van der Waals surface area contributed by atoms with Gasteiger partial charge in [0.1, 0.15) is 5.75 Å². The van der Waals surface area contributed by atoms with Crippen LogP contribution >= 0.6 is 0 Å². The minimum Gasteiger partial charge on any atom is -0.497 e. The predicted molar refractivity (Wildman–Crippen MR) is 88.0 cm³/mol. The Morgan fingerprint density at radius 1 is 1.23 bits per heavy atom. The van der Waals surface area contributed by atoms with Crippen molar-refractivity contribution < 1.29 is 9.53 Å². The van der Waals surface area contributed by atoms with Gasteiger partial charge in [-0.05, 0) is 30.5 Å². The number of carbonyl (C=O) groups is 1. The SMILES string of the molecule is CCC(N)C(=O)N1CCN(CCc2ccc(OC)cc2)CC1. The lowest BCUT2D eigenvalue weighted by molar-refractivity contribution is -0.134. The molecule has 5 nitrogen and oxygen atoms in total. The van der Waals surface area contributed by atoms with Crippen LogP contribution in [-0.2, 0) is 11.2 Å². The summed E-state index contributed by atoms with van der Waals surface area (Å²) in [4.78, 5) is 16.4. The van der Waals surface area contributed by atoms with Crippen LogP contribution in [0.1, 0.15) is 18.9 Å². The molecule has 1 fully saturated rings. The van der Waals surface area contributed by atoms with Crippen LogP contribution in [0.5, 0.6) is 5.75 Å². The van der Waals surface area contributed by atoms with E-state index >= 15 is 0 Å². The van der Waals surface area contributed by atoms with E-state index in [1.807, 2.05) is 24.0 Å². The number of hydrogen-bond acceptors (Lipinski definition) is 4. The number of rotatable bonds is 6. The Kier molecular flexibility index (Phi) is 6.21. The van der Waals surface area contributed by atoms with E-state index in [9.17, 15) is 4.79 Å². The van der Waals surface area contributed by atoms with Crippen molar-refractivity contribution in [2.75, 3.05) is 39.8 Å². The summed E-state index contributed by atoms with van der Waals surface area (Å²) < 4.78 is 5.17. The standard InChI is InChI=1S/C17H27N3O2/c1-3-16(18)17(21)20-12-10-19(11-13-20)9-8-14-4-6-15(22-2)7-5-14/h4-7,16H,3,8-13,18H2,1-2H3. The largest absolute Gasteiger partial charge is 0.497 e. The first-order valence-electron chi connectivity index (χ1n) is 8.03. The van der Waals surface area contributed by atoms with Crippen LogP contribution in [0, 0.1) is 0 Å². The first kappa shape index (κ1) is 16.8. The molecule has 1 aromatic rings. The molecule has 1 atom stereocenters. The highest BCUT2D eigenvalue weighted by atomic mass is 16.5. The quantitative estimate of drug-likeness (QED) is 0.855. The Hall–Kier alpha value is -1.59. The zero-order valence-electron chi connectivity index (χ0n) is 13.6. The van der Waals surface area contributed by atoms with E-state index in [1.54, 1.807) is 7.11 Å². The fourth-order valence-corrected chi connectivity index (χ4v) is 2.68. The molecule has 1 amide bonds. The van der Waals surface area contributed by atoms with Crippen LogP contribution in [0.15, 0.2) is 24.3 Å². The number of ether oxygens (including phenoxy) is 1. The second-order valence-corrected chi connectivity index (χ2v) is 5.78. The Morgan fingerprint density at radius 3 is 2.41 bits per heavy atom. The van der Waals surface area contributed by atoms with Gasteiger partial charge in [-0.2, -0.15) is 0 Å². The summed E-state index contributed by atoms with van der Waals surface area (Å²) in [5.41, 5.74) is 7.14. The Balaban J connectivity index is 1.74. The molecule has 0 radical (unpaired) electrons. The van der Waals surface area contributed by atoms with Gasteiger partial charge in [0.2, 0.25) is 5.91 Å². The molecule has 1 aromatic carbocycles. The summed E-state index contributed by atoms with van der Waals surface area (Å²) in [6, 6.07) is 7.87. The zero-order valence-corrected chi connectivity index (χ0v) is 13.6. The van der Waals surface area contributed by atoms with Crippen molar-refractivity contribution >= 4 is 5.91 Å². The molecule has 2 rings (SSSR count). The number of benzene rings is 1. The molecule has 22 heavy (non-hydrogen) atoms. The normalized spacial score (nSPS) is 17.3. The van der Waals surface area contributed by atoms with Gasteiger partial charge in [0, 0.05) is 32.7 Å². The lowest BCUT2D eigenvalue weighted by Crippen LogP contribution is -2.53. The minimum absolute atomic E-state index is 0.0947. The molecule has 1 aliphatic heterocycles. The highest BCUT2D eigenvalue weighted by Gasteiger charge is 2.23. The highest BCUT2D eigenvalue weighted by Crippen LogP contribution is 2.12. The van der Waals surface area contributed by atoms with Gasteiger partial charge < -0.3 is 15.4 Å². The Morgan fingerprint density at radius 2 is 1.86 bits per heavy atom. The third-order valence-electron chi connectivity index (χ3n) is 4.32. The molecule has 1 unspecified atom stereocenters. The third-order valence-corrected chi connectivity index (χ3v) is 4.32. The summed E-state index contributed by atoms with van der Waals surface area (Å²) >= 11 is 0. The smallest absolute Gasteiger partial charge is 0.239 e. The van der Waals surface area contributed by atoms with Gasteiger partial charge >= 0.3 is 0 Å².